The van der Waals surface area contributed by atoms with Crippen LogP contribution in [0.5, 0.6) is 0 Å². The van der Waals surface area contributed by atoms with Gasteiger partial charge in [-0.2, -0.15) is 0 Å². The third kappa shape index (κ3) is 2.95. The molecule has 1 saturated carbocycles. The molecule has 1 aliphatic carbocycles. The van der Waals surface area contributed by atoms with E-state index in [1.165, 1.54) is 59.9 Å². The first-order chi connectivity index (χ1) is 9.72. The molecule has 0 atom stereocenters. The monoisotopic (exact) mass is 264 g/mol. The second kappa shape index (κ2) is 5.83. The van der Waals surface area contributed by atoms with Crippen molar-refractivity contribution in [2.75, 3.05) is 0 Å². The fourth-order valence-corrected chi connectivity index (χ4v) is 3.53. The number of hydrogen-bond acceptors (Lipinski definition) is 0. The Bertz CT molecular complexity index is 551. The van der Waals surface area contributed by atoms with Crippen LogP contribution in [0.15, 0.2) is 42.5 Å². The maximum Gasteiger partial charge on any atom is -0.0162 e. The fraction of sp³-hybridized carbons (Fsp3) is 0.400. The van der Waals surface area contributed by atoms with E-state index in [2.05, 4.69) is 56.3 Å². The normalized spacial score (nSPS) is 16.3. The van der Waals surface area contributed by atoms with Crippen LogP contribution in [0.3, 0.4) is 0 Å². The molecule has 1 fully saturated rings. The zero-order valence-electron chi connectivity index (χ0n) is 12.7. The minimum atomic E-state index is 0.803. The van der Waals surface area contributed by atoms with E-state index in [4.69, 9.17) is 0 Å². The maximum absolute atomic E-state index is 2.35. The Balaban J connectivity index is 1.85. The highest BCUT2D eigenvalue weighted by molar-refractivity contribution is 5.65. The third-order valence-corrected chi connectivity index (χ3v) is 4.54. The standard InChI is InChI=1S/C20H24/c1-15-12-16(2)14-20(13-15)19-10-8-18(9-11-19)17-6-4-3-5-7-17/h8-14,17H,3-7H2,1-2H3. The molecule has 0 heterocycles. The predicted molar refractivity (Wildman–Crippen MR) is 87.2 cm³/mol. The van der Waals surface area contributed by atoms with E-state index in [1.807, 2.05) is 0 Å². The van der Waals surface area contributed by atoms with Crippen molar-refractivity contribution in [1.29, 1.82) is 0 Å². The molecule has 2 aromatic carbocycles. The van der Waals surface area contributed by atoms with Crippen molar-refractivity contribution in [2.24, 2.45) is 0 Å². The van der Waals surface area contributed by atoms with Crippen molar-refractivity contribution in [3.05, 3.63) is 59.2 Å². The molecule has 1 aliphatic rings. The maximum atomic E-state index is 2.35. The van der Waals surface area contributed by atoms with E-state index in [1.54, 1.807) is 0 Å². The first kappa shape index (κ1) is 13.4. The van der Waals surface area contributed by atoms with Crippen LogP contribution >= 0.6 is 0 Å². The smallest absolute Gasteiger partial charge is 0.0162 e. The lowest BCUT2D eigenvalue weighted by molar-refractivity contribution is 0.443. The van der Waals surface area contributed by atoms with Crippen LogP contribution in [-0.2, 0) is 0 Å². The molecule has 0 heteroatoms. The summed E-state index contributed by atoms with van der Waals surface area (Å²) in [7, 11) is 0. The molecule has 0 amide bonds. The minimum Gasteiger partial charge on any atom is -0.0581 e. The van der Waals surface area contributed by atoms with Crippen LogP contribution < -0.4 is 0 Å². The molecular weight excluding hydrogens is 240 g/mol. The van der Waals surface area contributed by atoms with E-state index < -0.39 is 0 Å². The van der Waals surface area contributed by atoms with Gasteiger partial charge < -0.3 is 0 Å². The summed E-state index contributed by atoms with van der Waals surface area (Å²) >= 11 is 0. The van der Waals surface area contributed by atoms with Crippen LogP contribution in [0.1, 0.15) is 54.7 Å². The first-order valence-corrected chi connectivity index (χ1v) is 7.91. The quantitative estimate of drug-likeness (QED) is 0.622. The van der Waals surface area contributed by atoms with E-state index in [0.29, 0.717) is 0 Å². The minimum absolute atomic E-state index is 0.803. The zero-order chi connectivity index (χ0) is 13.9. The summed E-state index contributed by atoms with van der Waals surface area (Å²) in [5, 5.41) is 0. The van der Waals surface area contributed by atoms with Gasteiger partial charge in [-0.25, -0.2) is 0 Å². The van der Waals surface area contributed by atoms with Gasteiger partial charge in [0, 0.05) is 0 Å². The highest BCUT2D eigenvalue weighted by atomic mass is 14.2. The lowest BCUT2D eigenvalue weighted by Gasteiger charge is -2.22. The van der Waals surface area contributed by atoms with E-state index in [0.717, 1.165) is 5.92 Å². The lowest BCUT2D eigenvalue weighted by atomic mass is 9.83. The average Bonchev–Trinajstić information content (AvgIpc) is 2.47. The molecule has 20 heavy (non-hydrogen) atoms. The summed E-state index contributed by atoms with van der Waals surface area (Å²) in [5.74, 6) is 0.803. The molecule has 0 spiro atoms. The summed E-state index contributed by atoms with van der Waals surface area (Å²) < 4.78 is 0. The van der Waals surface area contributed by atoms with Gasteiger partial charge in [-0.1, -0.05) is 72.9 Å². The van der Waals surface area contributed by atoms with Gasteiger partial charge in [0.2, 0.25) is 0 Å². The molecule has 0 saturated heterocycles. The van der Waals surface area contributed by atoms with Crippen molar-refractivity contribution in [3.63, 3.8) is 0 Å². The summed E-state index contributed by atoms with van der Waals surface area (Å²) in [6.07, 6.45) is 7.00. The molecule has 0 radical (unpaired) electrons. The van der Waals surface area contributed by atoms with Crippen LogP contribution in [0.2, 0.25) is 0 Å². The molecule has 0 nitrogen and oxygen atoms in total. The Hall–Kier alpha value is -1.56. The van der Waals surface area contributed by atoms with Crippen LogP contribution in [-0.4, -0.2) is 0 Å². The van der Waals surface area contributed by atoms with Gasteiger partial charge in [0.15, 0.2) is 0 Å². The van der Waals surface area contributed by atoms with E-state index in [9.17, 15) is 0 Å². The van der Waals surface area contributed by atoms with Crippen LogP contribution in [0.25, 0.3) is 11.1 Å². The average molecular weight is 264 g/mol. The molecule has 3 rings (SSSR count). The highest BCUT2D eigenvalue weighted by Gasteiger charge is 2.15. The number of aryl methyl sites for hydroxylation is 2. The Kier molecular flexibility index (Phi) is 3.91. The molecule has 2 aromatic rings. The Labute approximate surface area is 122 Å². The molecular formula is C20H24. The van der Waals surface area contributed by atoms with Gasteiger partial charge in [0.25, 0.3) is 0 Å². The van der Waals surface area contributed by atoms with Crippen molar-refractivity contribution in [1.82, 2.24) is 0 Å². The second-order valence-corrected chi connectivity index (χ2v) is 6.33. The van der Waals surface area contributed by atoms with Gasteiger partial charge >= 0.3 is 0 Å². The van der Waals surface area contributed by atoms with Gasteiger partial charge in [-0.3, -0.25) is 0 Å². The van der Waals surface area contributed by atoms with Crippen LogP contribution in [0.4, 0.5) is 0 Å². The van der Waals surface area contributed by atoms with Crippen molar-refractivity contribution >= 4 is 0 Å². The summed E-state index contributed by atoms with van der Waals surface area (Å²) in [5.41, 5.74) is 6.92. The van der Waals surface area contributed by atoms with Crippen LogP contribution in [0, 0.1) is 13.8 Å². The zero-order valence-corrected chi connectivity index (χ0v) is 12.7. The number of rotatable bonds is 2. The van der Waals surface area contributed by atoms with Crippen molar-refractivity contribution in [2.45, 2.75) is 51.9 Å². The van der Waals surface area contributed by atoms with Crippen molar-refractivity contribution < 1.29 is 0 Å². The molecule has 0 N–H and O–H groups in total. The van der Waals surface area contributed by atoms with Gasteiger partial charge in [0.05, 0.1) is 0 Å². The Morgan fingerprint density at radius 2 is 1.30 bits per heavy atom. The SMILES string of the molecule is Cc1cc(C)cc(-c2ccc(C3CCCCC3)cc2)c1. The lowest BCUT2D eigenvalue weighted by Crippen LogP contribution is -2.04. The topological polar surface area (TPSA) is 0 Å². The van der Waals surface area contributed by atoms with Gasteiger partial charge in [-0.15, -0.1) is 0 Å². The predicted octanol–water partition coefficient (Wildman–Crippen LogP) is 6.02. The molecule has 104 valence electrons. The molecule has 0 bridgehead atoms. The summed E-state index contributed by atoms with van der Waals surface area (Å²) in [6, 6.07) is 16.1. The second-order valence-electron chi connectivity index (χ2n) is 6.33. The number of hydrogen-bond donors (Lipinski definition) is 0. The fourth-order valence-electron chi connectivity index (χ4n) is 3.53. The van der Waals surface area contributed by atoms with Gasteiger partial charge in [-0.05, 0) is 49.3 Å². The molecule has 0 aliphatic heterocycles. The van der Waals surface area contributed by atoms with Crippen molar-refractivity contribution in [3.8, 4) is 11.1 Å². The highest BCUT2D eigenvalue weighted by Crippen LogP contribution is 2.33. The Morgan fingerprint density at radius 1 is 0.700 bits per heavy atom. The van der Waals surface area contributed by atoms with Gasteiger partial charge in [0.1, 0.15) is 0 Å². The third-order valence-electron chi connectivity index (χ3n) is 4.54. The molecule has 0 aromatic heterocycles. The number of benzene rings is 2. The first-order valence-electron chi connectivity index (χ1n) is 7.91. The van der Waals surface area contributed by atoms with E-state index >= 15 is 0 Å². The van der Waals surface area contributed by atoms with E-state index in [-0.39, 0.29) is 0 Å². The summed E-state index contributed by atoms with van der Waals surface area (Å²) in [6.45, 7) is 4.35. The molecule has 0 unspecified atom stereocenters. The largest absolute Gasteiger partial charge is 0.0581 e. The Morgan fingerprint density at radius 3 is 1.90 bits per heavy atom. The summed E-state index contributed by atoms with van der Waals surface area (Å²) in [4.78, 5) is 0.